The summed E-state index contributed by atoms with van der Waals surface area (Å²) in [6.07, 6.45) is 6.98. The zero-order valence-electron chi connectivity index (χ0n) is 6.94. The first-order valence-corrected chi connectivity index (χ1v) is 3.60. The molecule has 0 saturated heterocycles. The molecule has 0 saturated carbocycles. The molecule has 0 aliphatic heterocycles. The fourth-order valence-electron chi connectivity index (χ4n) is 0.746. The molecule has 10 heavy (non-hydrogen) atoms. The predicted octanol–water partition coefficient (Wildman–Crippen LogP) is 2.94. The highest BCUT2D eigenvalue weighted by Gasteiger charge is 1.90. The smallest absolute Gasteiger partial charge is 0.0351 e. The molecule has 0 bridgehead atoms. The van der Waals surface area contributed by atoms with E-state index in [0.29, 0.717) is 5.71 Å². The molecule has 0 aromatic carbocycles. The van der Waals surface area contributed by atoms with Gasteiger partial charge in [0.2, 0.25) is 0 Å². The fourth-order valence-corrected chi connectivity index (χ4v) is 0.746. The van der Waals surface area contributed by atoms with Crippen molar-refractivity contribution in [1.82, 2.24) is 0 Å². The van der Waals surface area contributed by atoms with Gasteiger partial charge in [0.1, 0.15) is 0 Å². The predicted molar refractivity (Wildman–Crippen MR) is 46.6 cm³/mol. The lowest BCUT2D eigenvalue weighted by Gasteiger charge is -1.95. The van der Waals surface area contributed by atoms with E-state index in [1.165, 1.54) is 0 Å². The Morgan fingerprint density at radius 1 is 1.50 bits per heavy atom. The van der Waals surface area contributed by atoms with E-state index in [1.54, 1.807) is 0 Å². The van der Waals surface area contributed by atoms with Crippen LogP contribution >= 0.6 is 0 Å². The molecule has 0 rings (SSSR count). The molecule has 1 N–H and O–H groups in total. The molecular formula is C9H15N. The third kappa shape index (κ3) is 3.23. The first-order valence-electron chi connectivity index (χ1n) is 3.60. The van der Waals surface area contributed by atoms with Gasteiger partial charge in [0, 0.05) is 5.71 Å². The number of allylic oxidation sites excluding steroid dienone is 4. The van der Waals surface area contributed by atoms with Gasteiger partial charge >= 0.3 is 0 Å². The number of nitrogens with one attached hydrogen (secondary N) is 1. The van der Waals surface area contributed by atoms with E-state index in [9.17, 15) is 0 Å². The summed E-state index contributed by atoms with van der Waals surface area (Å²) in [6, 6.07) is 0. The quantitative estimate of drug-likeness (QED) is 0.457. The summed E-state index contributed by atoms with van der Waals surface area (Å²) in [6.45, 7) is 5.85. The van der Waals surface area contributed by atoms with Crippen LogP contribution in [0.3, 0.4) is 0 Å². The fraction of sp³-hybridized carbons (Fsp3) is 0.444. The SMILES string of the molecule is C/C=C\C(=C/CC)C(C)=N. The molecule has 1 heteroatoms. The summed E-state index contributed by atoms with van der Waals surface area (Å²) in [5, 5.41) is 7.34. The third-order valence-corrected chi connectivity index (χ3v) is 1.20. The molecule has 0 aliphatic carbocycles. The minimum absolute atomic E-state index is 0.639. The molecule has 1 nitrogen and oxygen atoms in total. The maximum atomic E-state index is 7.34. The van der Waals surface area contributed by atoms with E-state index in [2.05, 4.69) is 13.0 Å². The van der Waals surface area contributed by atoms with Gasteiger partial charge in [-0.2, -0.15) is 0 Å². The van der Waals surface area contributed by atoms with Gasteiger partial charge in [-0.1, -0.05) is 25.2 Å². The zero-order valence-corrected chi connectivity index (χ0v) is 6.94. The lowest BCUT2D eigenvalue weighted by molar-refractivity contribution is 1.21. The maximum Gasteiger partial charge on any atom is 0.0351 e. The first-order chi connectivity index (χ1) is 4.72. The molecule has 0 heterocycles. The van der Waals surface area contributed by atoms with Crippen molar-refractivity contribution in [3.8, 4) is 0 Å². The van der Waals surface area contributed by atoms with E-state index in [1.807, 2.05) is 26.0 Å². The van der Waals surface area contributed by atoms with Crippen molar-refractivity contribution in [3.05, 3.63) is 23.8 Å². The van der Waals surface area contributed by atoms with Gasteiger partial charge in [-0.3, -0.25) is 0 Å². The Morgan fingerprint density at radius 3 is 2.40 bits per heavy atom. The minimum atomic E-state index is 0.639. The molecule has 0 spiro atoms. The zero-order chi connectivity index (χ0) is 7.98. The highest BCUT2D eigenvalue weighted by Crippen LogP contribution is 2.00. The highest BCUT2D eigenvalue weighted by molar-refractivity contribution is 5.98. The lowest BCUT2D eigenvalue weighted by Crippen LogP contribution is -1.90. The minimum Gasteiger partial charge on any atom is -0.305 e. The third-order valence-electron chi connectivity index (χ3n) is 1.20. The Kier molecular flexibility index (Phi) is 4.55. The standard InChI is InChI=1S/C9H15N/c1-4-6-9(7-5-2)8(3)10/h4,6-7,10H,5H2,1-3H3/b6-4-,9-7+,10-8?. The molecule has 56 valence electrons. The summed E-state index contributed by atoms with van der Waals surface area (Å²) in [5.41, 5.74) is 1.67. The summed E-state index contributed by atoms with van der Waals surface area (Å²) < 4.78 is 0. The highest BCUT2D eigenvalue weighted by atomic mass is 14.4. The molecule has 0 aliphatic rings. The van der Waals surface area contributed by atoms with Crippen LogP contribution in [0.5, 0.6) is 0 Å². The molecule has 0 aromatic rings. The van der Waals surface area contributed by atoms with Crippen LogP contribution in [-0.2, 0) is 0 Å². The van der Waals surface area contributed by atoms with E-state index >= 15 is 0 Å². The van der Waals surface area contributed by atoms with Crippen LogP contribution in [-0.4, -0.2) is 5.71 Å². The van der Waals surface area contributed by atoms with Crippen molar-refractivity contribution in [2.75, 3.05) is 0 Å². The van der Waals surface area contributed by atoms with Crippen molar-refractivity contribution in [3.63, 3.8) is 0 Å². The van der Waals surface area contributed by atoms with Crippen LogP contribution in [0, 0.1) is 5.41 Å². The molecule has 0 aromatic heterocycles. The largest absolute Gasteiger partial charge is 0.305 e. The summed E-state index contributed by atoms with van der Waals surface area (Å²) >= 11 is 0. The van der Waals surface area contributed by atoms with Gasteiger partial charge in [0.15, 0.2) is 0 Å². The van der Waals surface area contributed by atoms with Crippen LogP contribution in [0.25, 0.3) is 0 Å². The van der Waals surface area contributed by atoms with Crippen molar-refractivity contribution >= 4 is 5.71 Å². The second-order valence-corrected chi connectivity index (χ2v) is 2.19. The Hall–Kier alpha value is -0.850. The van der Waals surface area contributed by atoms with Gasteiger partial charge in [0.05, 0.1) is 0 Å². The molecule has 0 unspecified atom stereocenters. The van der Waals surface area contributed by atoms with Crippen molar-refractivity contribution in [2.45, 2.75) is 27.2 Å². The van der Waals surface area contributed by atoms with Gasteiger partial charge in [-0.15, -0.1) is 0 Å². The topological polar surface area (TPSA) is 23.9 Å². The first kappa shape index (κ1) is 9.15. The van der Waals surface area contributed by atoms with E-state index < -0.39 is 0 Å². The van der Waals surface area contributed by atoms with Crippen LogP contribution < -0.4 is 0 Å². The Bertz CT molecular complexity index is 164. The molecule has 0 atom stereocenters. The van der Waals surface area contributed by atoms with Crippen LogP contribution in [0.4, 0.5) is 0 Å². The van der Waals surface area contributed by atoms with Gasteiger partial charge in [-0.05, 0) is 25.8 Å². The van der Waals surface area contributed by atoms with Gasteiger partial charge in [-0.25, -0.2) is 0 Å². The average Bonchev–Trinajstić information content (AvgIpc) is 1.87. The Balaban J connectivity index is 4.26. The molecular weight excluding hydrogens is 122 g/mol. The van der Waals surface area contributed by atoms with Crippen molar-refractivity contribution in [2.24, 2.45) is 0 Å². The second-order valence-electron chi connectivity index (χ2n) is 2.19. The number of hydrogen-bond acceptors (Lipinski definition) is 1. The average molecular weight is 137 g/mol. The molecule has 0 fully saturated rings. The monoisotopic (exact) mass is 137 g/mol. The summed E-state index contributed by atoms with van der Waals surface area (Å²) in [5.74, 6) is 0. The Labute approximate surface area is 63.0 Å². The van der Waals surface area contributed by atoms with Crippen LogP contribution in [0.1, 0.15) is 27.2 Å². The van der Waals surface area contributed by atoms with E-state index in [4.69, 9.17) is 5.41 Å². The van der Waals surface area contributed by atoms with Crippen molar-refractivity contribution < 1.29 is 0 Å². The summed E-state index contributed by atoms with van der Waals surface area (Å²) in [7, 11) is 0. The lowest BCUT2D eigenvalue weighted by atomic mass is 10.1. The van der Waals surface area contributed by atoms with Crippen LogP contribution in [0.15, 0.2) is 23.8 Å². The number of hydrogen-bond donors (Lipinski definition) is 1. The van der Waals surface area contributed by atoms with Gasteiger partial charge in [0.25, 0.3) is 0 Å². The van der Waals surface area contributed by atoms with E-state index in [-0.39, 0.29) is 0 Å². The van der Waals surface area contributed by atoms with Crippen LogP contribution in [0.2, 0.25) is 0 Å². The maximum absolute atomic E-state index is 7.34. The Morgan fingerprint density at radius 2 is 2.10 bits per heavy atom. The normalized spacial score (nSPS) is 12.5. The van der Waals surface area contributed by atoms with E-state index in [0.717, 1.165) is 12.0 Å². The molecule has 0 amide bonds. The van der Waals surface area contributed by atoms with Crippen molar-refractivity contribution in [1.29, 1.82) is 5.41 Å². The second kappa shape index (κ2) is 4.98. The summed E-state index contributed by atoms with van der Waals surface area (Å²) in [4.78, 5) is 0. The molecule has 0 radical (unpaired) electrons. The number of rotatable bonds is 3. The van der Waals surface area contributed by atoms with Gasteiger partial charge < -0.3 is 5.41 Å².